The Labute approximate surface area is 165 Å². The Morgan fingerprint density at radius 3 is 2.65 bits per heavy atom. The van der Waals surface area contributed by atoms with E-state index < -0.39 is 0 Å². The van der Waals surface area contributed by atoms with Crippen LogP contribution >= 0.6 is 34.9 Å². The predicted molar refractivity (Wildman–Crippen MR) is 112 cm³/mol. The maximum atomic E-state index is 12.1. The average Bonchev–Trinajstić information content (AvgIpc) is 3.30. The van der Waals surface area contributed by atoms with Crippen LogP contribution in [-0.4, -0.2) is 18.2 Å². The topological polar surface area (TPSA) is 50.4 Å². The highest BCUT2D eigenvalue weighted by atomic mass is 32.1. The second kappa shape index (κ2) is 8.93. The minimum atomic E-state index is -0.371. The van der Waals surface area contributed by atoms with Crippen LogP contribution in [0.4, 0.5) is 5.00 Å². The maximum absolute atomic E-state index is 12.1. The normalized spacial score (nSPS) is 10.3. The summed E-state index contributed by atoms with van der Waals surface area (Å²) in [7, 11) is 1.38. The highest BCUT2D eigenvalue weighted by Gasteiger charge is 2.18. The van der Waals surface area contributed by atoms with Crippen LogP contribution in [0.1, 0.15) is 25.7 Å². The highest BCUT2D eigenvalue weighted by Crippen LogP contribution is 2.30. The maximum Gasteiger partial charge on any atom is 0.340 e. The second-order valence-electron chi connectivity index (χ2n) is 5.50. The largest absolute Gasteiger partial charge is 0.465 e. The second-order valence-corrected chi connectivity index (χ2v) is 8.07. The van der Waals surface area contributed by atoms with Crippen molar-refractivity contribution in [3.05, 3.63) is 74.8 Å². The van der Waals surface area contributed by atoms with E-state index in [1.807, 2.05) is 41.8 Å². The molecule has 2 N–H and O–H groups in total. The molecule has 0 amide bonds. The van der Waals surface area contributed by atoms with Crippen LogP contribution in [0.25, 0.3) is 0 Å². The molecule has 0 saturated heterocycles. The van der Waals surface area contributed by atoms with Crippen molar-refractivity contribution in [2.24, 2.45) is 0 Å². The Bertz CT molecular complexity index is 874. The first-order valence-electron chi connectivity index (χ1n) is 7.98. The van der Waals surface area contributed by atoms with Gasteiger partial charge < -0.3 is 15.4 Å². The molecule has 0 fully saturated rings. The number of hydrogen-bond donors (Lipinski definition) is 2. The minimum Gasteiger partial charge on any atom is -0.465 e. The molecule has 3 rings (SSSR count). The van der Waals surface area contributed by atoms with Gasteiger partial charge >= 0.3 is 5.97 Å². The van der Waals surface area contributed by atoms with Gasteiger partial charge in [0.25, 0.3) is 0 Å². The molecule has 0 bridgehead atoms. The van der Waals surface area contributed by atoms with Gasteiger partial charge in [-0.2, -0.15) is 0 Å². The van der Waals surface area contributed by atoms with Gasteiger partial charge in [-0.3, -0.25) is 0 Å². The summed E-state index contributed by atoms with van der Waals surface area (Å²) in [5.41, 5.74) is 1.69. The highest BCUT2D eigenvalue weighted by molar-refractivity contribution is 7.80. The van der Waals surface area contributed by atoms with E-state index in [0.717, 1.165) is 11.3 Å². The first-order valence-corrected chi connectivity index (χ1v) is 10.1. The molecule has 7 heteroatoms. The van der Waals surface area contributed by atoms with Crippen molar-refractivity contribution < 1.29 is 9.53 Å². The molecule has 1 aromatic carbocycles. The molecular weight excluding hydrogens is 384 g/mol. The van der Waals surface area contributed by atoms with E-state index in [2.05, 4.69) is 22.8 Å². The molecule has 2 aromatic heterocycles. The van der Waals surface area contributed by atoms with Gasteiger partial charge in [-0.05, 0) is 35.3 Å². The van der Waals surface area contributed by atoms with Gasteiger partial charge in [0, 0.05) is 16.2 Å². The standard InChI is InChI=1S/C19H18N2O2S3/c1-23-18(22)16-11-15(10-13-6-3-2-4-7-13)26-17(16)21-19(24)20-12-14-8-5-9-25-14/h2-9,11H,10,12H2,1H3,(H2,20,21,24). The van der Waals surface area contributed by atoms with Crippen molar-refractivity contribution >= 4 is 51.0 Å². The van der Waals surface area contributed by atoms with Gasteiger partial charge in [-0.25, -0.2) is 4.79 Å². The van der Waals surface area contributed by atoms with Crippen LogP contribution < -0.4 is 10.6 Å². The third-order valence-electron chi connectivity index (χ3n) is 3.64. The molecule has 2 heterocycles. The number of hydrogen-bond acceptors (Lipinski definition) is 5. The number of benzene rings is 1. The molecule has 0 aliphatic rings. The SMILES string of the molecule is COC(=O)c1cc(Cc2ccccc2)sc1NC(=S)NCc1cccs1. The van der Waals surface area contributed by atoms with Crippen molar-refractivity contribution in [3.8, 4) is 0 Å². The van der Waals surface area contributed by atoms with Gasteiger partial charge in [0.1, 0.15) is 5.00 Å². The molecular formula is C19H18N2O2S3. The van der Waals surface area contributed by atoms with Crippen molar-refractivity contribution in [1.82, 2.24) is 5.32 Å². The molecule has 0 aliphatic heterocycles. The molecule has 0 saturated carbocycles. The molecule has 0 atom stereocenters. The third kappa shape index (κ3) is 4.91. The molecule has 0 unspecified atom stereocenters. The molecule has 4 nitrogen and oxygen atoms in total. The Morgan fingerprint density at radius 2 is 1.96 bits per heavy atom. The number of rotatable bonds is 6. The fourth-order valence-corrected chi connectivity index (χ4v) is 4.38. The number of nitrogens with one attached hydrogen (secondary N) is 2. The summed E-state index contributed by atoms with van der Waals surface area (Å²) < 4.78 is 4.91. The summed E-state index contributed by atoms with van der Waals surface area (Å²) in [6.45, 7) is 0.652. The minimum absolute atomic E-state index is 0.371. The zero-order chi connectivity index (χ0) is 18.4. The molecule has 0 aliphatic carbocycles. The lowest BCUT2D eigenvalue weighted by Crippen LogP contribution is -2.27. The quantitative estimate of drug-likeness (QED) is 0.463. The number of anilines is 1. The average molecular weight is 403 g/mol. The number of ether oxygens (including phenoxy) is 1. The van der Waals surface area contributed by atoms with Crippen LogP contribution in [-0.2, 0) is 17.7 Å². The summed E-state index contributed by atoms with van der Waals surface area (Å²) in [4.78, 5) is 14.4. The van der Waals surface area contributed by atoms with E-state index in [1.165, 1.54) is 28.9 Å². The lowest BCUT2D eigenvalue weighted by atomic mass is 10.1. The fraction of sp³-hybridized carbons (Fsp3) is 0.158. The van der Waals surface area contributed by atoms with Gasteiger partial charge in [0.15, 0.2) is 5.11 Å². The zero-order valence-electron chi connectivity index (χ0n) is 14.2. The van der Waals surface area contributed by atoms with E-state index in [4.69, 9.17) is 17.0 Å². The molecule has 3 aromatic rings. The summed E-state index contributed by atoms with van der Waals surface area (Å²) in [6.07, 6.45) is 0.757. The van der Waals surface area contributed by atoms with E-state index >= 15 is 0 Å². The van der Waals surface area contributed by atoms with Crippen LogP contribution in [0, 0.1) is 0 Å². The lowest BCUT2D eigenvalue weighted by molar-refractivity contribution is 0.0602. The first kappa shape index (κ1) is 18.6. The van der Waals surface area contributed by atoms with Gasteiger partial charge in [0.05, 0.1) is 19.2 Å². The Hall–Kier alpha value is -2.22. The van der Waals surface area contributed by atoms with Crippen molar-refractivity contribution in [2.75, 3.05) is 12.4 Å². The Morgan fingerprint density at radius 1 is 1.15 bits per heavy atom. The molecule has 0 radical (unpaired) electrons. The van der Waals surface area contributed by atoms with Crippen molar-refractivity contribution in [3.63, 3.8) is 0 Å². The number of esters is 1. The number of carbonyl (C=O) groups excluding carboxylic acids is 1. The summed E-state index contributed by atoms with van der Waals surface area (Å²) >= 11 is 8.55. The van der Waals surface area contributed by atoms with Crippen LogP contribution in [0.5, 0.6) is 0 Å². The monoisotopic (exact) mass is 402 g/mol. The van der Waals surface area contributed by atoms with Gasteiger partial charge in [-0.15, -0.1) is 22.7 Å². The summed E-state index contributed by atoms with van der Waals surface area (Å²) in [5.74, 6) is -0.371. The van der Waals surface area contributed by atoms with Gasteiger partial charge in [-0.1, -0.05) is 36.4 Å². The van der Waals surface area contributed by atoms with Crippen LogP contribution in [0.2, 0.25) is 0 Å². The zero-order valence-corrected chi connectivity index (χ0v) is 16.6. The smallest absolute Gasteiger partial charge is 0.340 e. The first-order chi connectivity index (χ1) is 12.7. The van der Waals surface area contributed by atoms with E-state index in [1.54, 1.807) is 11.3 Å². The predicted octanol–water partition coefficient (Wildman–Crippen LogP) is 4.67. The van der Waals surface area contributed by atoms with Crippen LogP contribution in [0.3, 0.4) is 0 Å². The van der Waals surface area contributed by atoms with Crippen LogP contribution in [0.15, 0.2) is 53.9 Å². The molecule has 0 spiro atoms. The third-order valence-corrected chi connectivity index (χ3v) is 5.81. The molecule has 26 heavy (non-hydrogen) atoms. The van der Waals surface area contributed by atoms with E-state index in [9.17, 15) is 4.79 Å². The summed E-state index contributed by atoms with van der Waals surface area (Å²) in [5, 5.41) is 9.51. The fourth-order valence-electron chi connectivity index (χ4n) is 2.41. The Kier molecular flexibility index (Phi) is 6.38. The Balaban J connectivity index is 1.71. The number of thiocarbonyl (C=S) groups is 1. The van der Waals surface area contributed by atoms with E-state index in [0.29, 0.717) is 22.2 Å². The molecule has 134 valence electrons. The van der Waals surface area contributed by atoms with Crippen molar-refractivity contribution in [1.29, 1.82) is 0 Å². The van der Waals surface area contributed by atoms with E-state index in [-0.39, 0.29) is 5.97 Å². The number of methoxy groups -OCH3 is 1. The van der Waals surface area contributed by atoms with Gasteiger partial charge in [0.2, 0.25) is 0 Å². The number of thiophene rings is 2. The van der Waals surface area contributed by atoms with Crippen molar-refractivity contribution in [2.45, 2.75) is 13.0 Å². The summed E-state index contributed by atoms with van der Waals surface area (Å²) in [6, 6.07) is 16.1. The number of carbonyl (C=O) groups is 1. The lowest BCUT2D eigenvalue weighted by Gasteiger charge is -2.09.